The number of hydrogen-bond acceptors (Lipinski definition) is 2. The molecule has 11 heavy (non-hydrogen) atoms. The van der Waals surface area contributed by atoms with Crippen LogP contribution >= 0.6 is 0 Å². The van der Waals surface area contributed by atoms with Crippen LogP contribution in [0.15, 0.2) is 30.3 Å². The van der Waals surface area contributed by atoms with Crippen molar-refractivity contribution < 1.29 is 25.8 Å². The molecule has 0 saturated carbocycles. The van der Waals surface area contributed by atoms with Crippen molar-refractivity contribution >= 4 is 5.97 Å². The summed E-state index contributed by atoms with van der Waals surface area (Å²) in [6, 6.07) is 9.07. The maximum absolute atomic E-state index is 11.1. The van der Waals surface area contributed by atoms with Gasteiger partial charge in [0.1, 0.15) is 0 Å². The third-order valence-corrected chi connectivity index (χ3v) is 2.44. The molecule has 1 aromatic carbocycles. The summed E-state index contributed by atoms with van der Waals surface area (Å²) in [5.74, 6) is -0.173. The predicted molar refractivity (Wildman–Crippen MR) is 37.7 cm³/mol. The second-order valence-corrected chi connectivity index (χ2v) is 3.90. The molecule has 0 fully saturated rings. The van der Waals surface area contributed by atoms with Crippen LogP contribution in [0.1, 0.15) is 10.4 Å². The van der Waals surface area contributed by atoms with E-state index in [9.17, 15) is 4.79 Å². The Bertz CT molecular complexity index is 233. The number of carbonyl (C=O) groups excluding carboxylic acids is 1. The number of carbonyl (C=O) groups is 1. The molecule has 54 valence electrons. The molecular weight excluding hydrogens is 193 g/mol. The van der Waals surface area contributed by atoms with Gasteiger partial charge in [-0.1, -0.05) is 0 Å². The molecule has 0 saturated heterocycles. The Morgan fingerprint density at radius 3 is 2.55 bits per heavy atom. The van der Waals surface area contributed by atoms with E-state index in [1.54, 1.807) is 12.1 Å². The van der Waals surface area contributed by atoms with Crippen LogP contribution in [-0.2, 0) is 21.1 Å². The Kier molecular flexibility index (Phi) is 3.25. The monoisotopic (exact) mass is 200 g/mol. The van der Waals surface area contributed by atoms with Gasteiger partial charge in [0.25, 0.3) is 0 Å². The topological polar surface area (TPSA) is 26.3 Å². The minimum absolute atomic E-state index is 0.173. The molecule has 1 aromatic rings. The zero-order valence-corrected chi connectivity index (χ0v) is 9.38. The SMILES string of the molecule is [CH3][Zn][O]C(=O)c1ccccc1. The molecule has 1 rings (SSSR count). The van der Waals surface area contributed by atoms with Crippen LogP contribution in [0, 0.1) is 0 Å². The molecule has 0 unspecified atom stereocenters. The molecule has 0 atom stereocenters. The fraction of sp³-hybridized carbons (Fsp3) is 0.125. The molecule has 0 aliphatic carbocycles. The summed E-state index contributed by atoms with van der Waals surface area (Å²) in [5.41, 5.74) is 2.63. The predicted octanol–water partition coefficient (Wildman–Crippen LogP) is 1.89. The Morgan fingerprint density at radius 2 is 2.00 bits per heavy atom. The van der Waals surface area contributed by atoms with Gasteiger partial charge in [-0.25, -0.2) is 0 Å². The molecule has 3 heteroatoms. The molecule has 0 bridgehead atoms. The van der Waals surface area contributed by atoms with Crippen molar-refractivity contribution in [3.05, 3.63) is 35.9 Å². The third-order valence-electron chi connectivity index (χ3n) is 1.28. The second kappa shape index (κ2) is 4.25. The number of rotatable bonds is 2. The van der Waals surface area contributed by atoms with Crippen molar-refractivity contribution in [1.82, 2.24) is 0 Å². The molecule has 2 nitrogen and oxygen atoms in total. The van der Waals surface area contributed by atoms with E-state index in [1.807, 2.05) is 23.7 Å². The van der Waals surface area contributed by atoms with E-state index in [2.05, 4.69) is 0 Å². The van der Waals surface area contributed by atoms with Crippen LogP contribution in [0.2, 0.25) is 5.52 Å². The summed E-state index contributed by atoms with van der Waals surface area (Å²) in [6.07, 6.45) is 0. The quantitative estimate of drug-likeness (QED) is 0.683. The van der Waals surface area contributed by atoms with E-state index < -0.39 is 17.5 Å². The first kappa shape index (κ1) is 8.41. The molecular formula is C8H8O2Zn. The summed E-state index contributed by atoms with van der Waals surface area (Å²) in [4.78, 5) is 11.1. The van der Waals surface area contributed by atoms with E-state index in [4.69, 9.17) is 3.56 Å². The van der Waals surface area contributed by atoms with Crippen molar-refractivity contribution in [2.45, 2.75) is 5.52 Å². The van der Waals surface area contributed by atoms with E-state index in [-0.39, 0.29) is 5.97 Å². The molecule has 0 heterocycles. The van der Waals surface area contributed by atoms with Crippen LogP contribution in [-0.4, -0.2) is 5.97 Å². The first-order chi connectivity index (χ1) is 5.34. The summed E-state index contributed by atoms with van der Waals surface area (Å²) >= 11 is -0.995. The average molecular weight is 202 g/mol. The fourth-order valence-corrected chi connectivity index (χ4v) is 1.69. The molecule has 0 radical (unpaired) electrons. The maximum atomic E-state index is 11.1. The van der Waals surface area contributed by atoms with E-state index in [0.717, 1.165) is 0 Å². The van der Waals surface area contributed by atoms with Gasteiger partial charge in [0.05, 0.1) is 0 Å². The molecule has 0 aliphatic heterocycles. The molecule has 0 N–H and O–H groups in total. The Balaban J connectivity index is 2.69. The van der Waals surface area contributed by atoms with Crippen LogP contribution in [0.3, 0.4) is 0 Å². The van der Waals surface area contributed by atoms with Gasteiger partial charge in [0.15, 0.2) is 0 Å². The van der Waals surface area contributed by atoms with Crippen LogP contribution in [0.5, 0.6) is 0 Å². The van der Waals surface area contributed by atoms with Crippen molar-refractivity contribution in [2.75, 3.05) is 0 Å². The van der Waals surface area contributed by atoms with Crippen LogP contribution in [0.4, 0.5) is 0 Å². The van der Waals surface area contributed by atoms with Gasteiger partial charge in [-0.05, 0) is 0 Å². The number of benzene rings is 1. The van der Waals surface area contributed by atoms with Crippen molar-refractivity contribution in [2.24, 2.45) is 0 Å². The first-order valence-corrected chi connectivity index (χ1v) is 7.74. The van der Waals surface area contributed by atoms with Gasteiger partial charge in [-0.3, -0.25) is 0 Å². The fourth-order valence-electron chi connectivity index (χ4n) is 0.789. The molecule has 0 amide bonds. The summed E-state index contributed by atoms with van der Waals surface area (Å²) < 4.78 is 4.98. The summed E-state index contributed by atoms with van der Waals surface area (Å²) in [6.45, 7) is 0. The molecule has 0 spiro atoms. The standard InChI is InChI=1S/C7H6O2.CH3.Zn/c8-7(9)6-4-2-1-3-5-6;;/h1-5H,(H,8,9);1H3;/q;;+1/p-1. The summed E-state index contributed by atoms with van der Waals surface area (Å²) in [5, 5.41) is 0. The Morgan fingerprint density at radius 1 is 1.36 bits per heavy atom. The van der Waals surface area contributed by atoms with Crippen LogP contribution < -0.4 is 0 Å². The first-order valence-electron chi connectivity index (χ1n) is 3.56. The van der Waals surface area contributed by atoms with Gasteiger partial charge in [-0.2, -0.15) is 0 Å². The van der Waals surface area contributed by atoms with Crippen molar-refractivity contribution in [3.8, 4) is 0 Å². The van der Waals surface area contributed by atoms with E-state index in [1.165, 1.54) is 0 Å². The number of hydrogen-bond donors (Lipinski definition) is 0. The van der Waals surface area contributed by atoms with E-state index in [0.29, 0.717) is 5.56 Å². The molecule has 0 aliphatic rings. The minimum atomic E-state index is -0.995. The normalized spacial score (nSPS) is 8.45. The van der Waals surface area contributed by atoms with Gasteiger partial charge in [0.2, 0.25) is 0 Å². The van der Waals surface area contributed by atoms with Gasteiger partial charge < -0.3 is 0 Å². The molecule has 0 aromatic heterocycles. The van der Waals surface area contributed by atoms with Crippen molar-refractivity contribution in [3.63, 3.8) is 0 Å². The third kappa shape index (κ3) is 2.43. The van der Waals surface area contributed by atoms with Gasteiger partial charge >= 0.3 is 73.2 Å². The zero-order valence-electron chi connectivity index (χ0n) is 6.41. The average Bonchev–Trinajstić information content (AvgIpc) is 2.07. The zero-order chi connectivity index (χ0) is 8.10. The van der Waals surface area contributed by atoms with E-state index >= 15 is 0 Å². The van der Waals surface area contributed by atoms with Gasteiger partial charge in [-0.15, -0.1) is 0 Å². The van der Waals surface area contributed by atoms with Crippen molar-refractivity contribution in [1.29, 1.82) is 0 Å². The summed E-state index contributed by atoms with van der Waals surface area (Å²) in [7, 11) is 0. The Hall–Kier alpha value is -0.687. The van der Waals surface area contributed by atoms with Crippen LogP contribution in [0.25, 0.3) is 0 Å². The van der Waals surface area contributed by atoms with Gasteiger partial charge in [0, 0.05) is 0 Å². The Labute approximate surface area is 73.6 Å². The second-order valence-electron chi connectivity index (χ2n) is 2.09.